The maximum Gasteiger partial charge on any atom is 1.00 e. The Morgan fingerprint density at radius 2 is 1.72 bits per heavy atom. The van der Waals surface area contributed by atoms with Crippen molar-refractivity contribution in [2.24, 2.45) is 5.92 Å². The number of hydrogen-bond donors (Lipinski definition) is 1. The third-order valence-electron chi connectivity index (χ3n) is 5.15. The van der Waals surface area contributed by atoms with Crippen LogP contribution in [0, 0.1) is 5.92 Å². The van der Waals surface area contributed by atoms with E-state index in [2.05, 4.69) is 4.72 Å². The zero-order valence-electron chi connectivity index (χ0n) is 17.7. The minimum atomic E-state index is -4.44. The molecule has 12 heteroatoms. The van der Waals surface area contributed by atoms with E-state index in [1.807, 2.05) is 6.07 Å². The van der Waals surface area contributed by atoms with Gasteiger partial charge in [0.05, 0.1) is 20.8 Å². The number of hydrogen-bond acceptors (Lipinski definition) is 6. The molecule has 0 heterocycles. The second kappa shape index (κ2) is 11.0. The molecule has 0 saturated heterocycles. The van der Waals surface area contributed by atoms with Gasteiger partial charge in [-0.1, -0.05) is 17.7 Å². The summed E-state index contributed by atoms with van der Waals surface area (Å²) in [5.74, 6) is -0.993. The summed E-state index contributed by atoms with van der Waals surface area (Å²) in [5, 5.41) is 0.452. The first-order valence-electron chi connectivity index (χ1n) is 9.53. The van der Waals surface area contributed by atoms with Crippen LogP contribution in [0.4, 0.5) is 5.69 Å². The predicted molar refractivity (Wildman–Crippen MR) is 117 cm³/mol. The molecule has 0 aliphatic heterocycles. The number of fused-ring (bicyclic) bond motifs is 1. The molecule has 0 spiro atoms. The van der Waals surface area contributed by atoms with Crippen LogP contribution in [0.1, 0.15) is 18.1 Å². The Balaban J connectivity index is 0.00000363. The van der Waals surface area contributed by atoms with Gasteiger partial charge in [0.15, 0.2) is 0 Å². The van der Waals surface area contributed by atoms with E-state index in [1.54, 1.807) is 12.1 Å². The van der Waals surface area contributed by atoms with E-state index < -0.39 is 25.9 Å². The molecule has 1 N–H and O–H groups in total. The average Bonchev–Trinajstić information content (AvgIpc) is 3.08. The van der Waals surface area contributed by atoms with Gasteiger partial charge in [0.25, 0.3) is 0 Å². The van der Waals surface area contributed by atoms with Gasteiger partial charge < -0.3 is 9.45 Å². The maximum absolute atomic E-state index is 12.5. The molecule has 2 aromatic rings. The molecule has 1 unspecified atom stereocenters. The summed E-state index contributed by atoms with van der Waals surface area (Å²) in [6.07, 6.45) is 1.28. The van der Waals surface area contributed by atoms with Gasteiger partial charge >= 0.3 is 29.6 Å². The number of amides is 1. The SMILES string of the molecule is CC(=O)N(CCS(=O)(=O)[O-])c1ccc2c(c1)CC(CNS(=O)(=O)c1ccc(Cl)cc1)C2.[Na+]. The minimum Gasteiger partial charge on any atom is -0.748 e. The van der Waals surface area contributed by atoms with Gasteiger partial charge in [-0.2, -0.15) is 0 Å². The number of benzene rings is 2. The maximum atomic E-state index is 12.5. The van der Waals surface area contributed by atoms with E-state index in [0.717, 1.165) is 11.1 Å². The number of anilines is 1. The van der Waals surface area contributed by atoms with Crippen molar-refractivity contribution < 1.29 is 55.7 Å². The van der Waals surface area contributed by atoms with Crippen molar-refractivity contribution in [3.63, 3.8) is 0 Å². The molecule has 168 valence electrons. The first-order chi connectivity index (χ1) is 14.4. The van der Waals surface area contributed by atoms with Crippen LogP contribution in [-0.4, -0.2) is 46.1 Å². The van der Waals surface area contributed by atoms with Crippen LogP contribution in [0.15, 0.2) is 47.4 Å². The van der Waals surface area contributed by atoms with Crippen LogP contribution < -0.4 is 39.2 Å². The fraction of sp³-hybridized carbons (Fsp3) is 0.350. The quantitative estimate of drug-likeness (QED) is 0.358. The molecular weight excluding hydrogens is 487 g/mol. The third kappa shape index (κ3) is 7.26. The molecule has 2 aromatic carbocycles. The molecular formula is C20H22ClN2NaO6S2. The summed E-state index contributed by atoms with van der Waals surface area (Å²) >= 11 is 5.81. The second-order valence-electron chi connectivity index (χ2n) is 7.47. The van der Waals surface area contributed by atoms with E-state index in [9.17, 15) is 26.2 Å². The third-order valence-corrected chi connectivity index (χ3v) is 7.52. The van der Waals surface area contributed by atoms with Crippen molar-refractivity contribution in [2.75, 3.05) is 23.7 Å². The number of nitrogens with one attached hydrogen (secondary N) is 1. The van der Waals surface area contributed by atoms with Crippen molar-refractivity contribution in [3.8, 4) is 0 Å². The van der Waals surface area contributed by atoms with Gasteiger partial charge in [0.2, 0.25) is 15.9 Å². The summed E-state index contributed by atoms with van der Waals surface area (Å²) < 4.78 is 60.4. The van der Waals surface area contributed by atoms with E-state index in [-0.39, 0.29) is 59.4 Å². The van der Waals surface area contributed by atoms with Gasteiger partial charge in [-0.3, -0.25) is 4.79 Å². The molecule has 0 saturated carbocycles. The Bertz CT molecular complexity index is 1190. The van der Waals surface area contributed by atoms with Gasteiger partial charge in [-0.15, -0.1) is 0 Å². The Morgan fingerprint density at radius 3 is 2.31 bits per heavy atom. The van der Waals surface area contributed by atoms with E-state index >= 15 is 0 Å². The van der Waals surface area contributed by atoms with Crippen molar-refractivity contribution >= 4 is 43.3 Å². The summed E-state index contributed by atoms with van der Waals surface area (Å²) in [6.45, 7) is 1.34. The van der Waals surface area contributed by atoms with Crippen molar-refractivity contribution in [2.45, 2.75) is 24.7 Å². The van der Waals surface area contributed by atoms with Gasteiger partial charge in [0.1, 0.15) is 0 Å². The number of rotatable bonds is 8. The first-order valence-corrected chi connectivity index (χ1v) is 13.0. The van der Waals surface area contributed by atoms with Crippen molar-refractivity contribution in [1.82, 2.24) is 4.72 Å². The molecule has 32 heavy (non-hydrogen) atoms. The van der Waals surface area contributed by atoms with Crippen LogP contribution in [0.3, 0.4) is 0 Å². The van der Waals surface area contributed by atoms with Crippen LogP contribution >= 0.6 is 11.6 Å². The molecule has 1 atom stereocenters. The minimum absolute atomic E-state index is 0. The molecule has 0 aromatic heterocycles. The molecule has 0 fully saturated rings. The van der Waals surface area contributed by atoms with Crippen LogP contribution in [-0.2, 0) is 37.8 Å². The fourth-order valence-electron chi connectivity index (χ4n) is 3.60. The molecule has 0 radical (unpaired) electrons. The standard InChI is InChI=1S/C20H23ClN2O6S2.Na/c1-14(24)23(8-9-30(25,26)27)19-5-2-16-10-15(11-17(16)12-19)13-22-31(28,29)20-6-3-18(21)4-7-20;/h2-7,12,15,22H,8-11,13H2,1H3,(H,25,26,27);/q;+1/p-1. The molecule has 1 amide bonds. The molecule has 1 aliphatic carbocycles. The normalized spacial score (nSPS) is 15.7. The number of halogens is 1. The Morgan fingerprint density at radius 1 is 1.09 bits per heavy atom. The number of sulfonamides is 1. The van der Waals surface area contributed by atoms with Gasteiger partial charge in [-0.05, 0) is 66.3 Å². The smallest absolute Gasteiger partial charge is 0.748 e. The predicted octanol–water partition coefficient (Wildman–Crippen LogP) is -1.06. The van der Waals surface area contributed by atoms with Crippen LogP contribution in [0.5, 0.6) is 0 Å². The second-order valence-corrected chi connectivity index (χ2v) is 11.2. The Hall–Kier alpha value is -0.980. The Kier molecular flexibility index (Phi) is 9.34. The van der Waals surface area contributed by atoms with Crippen LogP contribution in [0.25, 0.3) is 0 Å². The molecule has 3 rings (SSSR count). The molecule has 0 bridgehead atoms. The van der Waals surface area contributed by atoms with Crippen molar-refractivity contribution in [3.05, 3.63) is 58.6 Å². The summed E-state index contributed by atoms with van der Waals surface area (Å²) in [5.41, 5.74) is 2.51. The van der Waals surface area contributed by atoms with E-state index in [0.29, 0.717) is 23.6 Å². The number of nitrogens with zero attached hydrogens (tertiary/aromatic N) is 1. The zero-order chi connectivity index (χ0) is 22.8. The van der Waals surface area contributed by atoms with E-state index in [4.69, 9.17) is 11.6 Å². The monoisotopic (exact) mass is 508 g/mol. The summed E-state index contributed by atoms with van der Waals surface area (Å²) in [6, 6.07) is 11.3. The number of carbonyl (C=O) groups excluding carboxylic acids is 1. The van der Waals surface area contributed by atoms with Gasteiger partial charge in [-0.25, -0.2) is 21.6 Å². The first kappa shape index (κ1) is 27.3. The summed E-state index contributed by atoms with van der Waals surface area (Å²) in [7, 11) is -8.10. The van der Waals surface area contributed by atoms with E-state index in [1.165, 1.54) is 36.1 Å². The van der Waals surface area contributed by atoms with Crippen molar-refractivity contribution in [1.29, 1.82) is 0 Å². The Labute approximate surface area is 215 Å². The zero-order valence-corrected chi connectivity index (χ0v) is 22.1. The fourth-order valence-corrected chi connectivity index (χ4v) is 5.25. The molecule has 1 aliphatic rings. The van der Waals surface area contributed by atoms with Gasteiger partial charge in [0, 0.05) is 30.7 Å². The topological polar surface area (TPSA) is 124 Å². The average molecular weight is 509 g/mol. The summed E-state index contributed by atoms with van der Waals surface area (Å²) in [4.78, 5) is 13.3. The molecule has 8 nitrogen and oxygen atoms in total. The largest absolute Gasteiger partial charge is 1.00 e. The number of carbonyl (C=O) groups is 1. The van der Waals surface area contributed by atoms with Crippen LogP contribution in [0.2, 0.25) is 5.02 Å².